The van der Waals surface area contributed by atoms with Crippen molar-refractivity contribution in [1.29, 1.82) is 0 Å². The lowest BCUT2D eigenvalue weighted by molar-refractivity contribution is -0.145. The first-order valence-electron chi connectivity index (χ1n) is 15.6. The van der Waals surface area contributed by atoms with Crippen LogP contribution in [0.15, 0.2) is 30.3 Å². The van der Waals surface area contributed by atoms with Crippen LogP contribution in [0.25, 0.3) is 0 Å². The molecule has 4 amide bonds. The molecule has 0 aliphatic carbocycles. The van der Waals surface area contributed by atoms with E-state index in [2.05, 4.69) is 10.6 Å². The van der Waals surface area contributed by atoms with Crippen LogP contribution in [-0.4, -0.2) is 90.7 Å². The van der Waals surface area contributed by atoms with Crippen LogP contribution in [0.4, 0.5) is 9.59 Å². The minimum atomic E-state index is -1.10. The third-order valence-corrected chi connectivity index (χ3v) is 7.73. The molecule has 0 bridgehead atoms. The number of amides is 4. The fraction of sp³-hybridized carbons (Fsp3) is 0.656. The topological polar surface area (TPSA) is 144 Å². The number of ether oxygens (including phenoxy) is 3. The molecule has 2 N–H and O–H groups in total. The number of rotatable bonds is 11. The van der Waals surface area contributed by atoms with Gasteiger partial charge in [0, 0.05) is 39.1 Å². The highest BCUT2D eigenvalue weighted by Gasteiger charge is 2.31. The van der Waals surface area contributed by atoms with Gasteiger partial charge in [0.2, 0.25) is 11.8 Å². The Bertz CT molecular complexity index is 1120. The number of piperidine rings is 2. The molecule has 0 saturated carbocycles. The van der Waals surface area contributed by atoms with Crippen molar-refractivity contribution in [2.24, 2.45) is 11.8 Å². The van der Waals surface area contributed by atoms with E-state index in [1.807, 2.05) is 30.3 Å². The van der Waals surface area contributed by atoms with Gasteiger partial charge in [0.15, 0.2) is 0 Å². The zero-order valence-electron chi connectivity index (χ0n) is 26.5. The first-order valence-corrected chi connectivity index (χ1v) is 15.6. The van der Waals surface area contributed by atoms with E-state index in [1.165, 1.54) is 0 Å². The molecule has 3 rings (SSSR count). The van der Waals surface area contributed by atoms with Gasteiger partial charge in [-0.15, -0.1) is 0 Å². The molecule has 2 heterocycles. The molecule has 12 nitrogen and oxygen atoms in total. The molecular formula is C32H48N4O8. The molecule has 244 valence electrons. The maximum Gasteiger partial charge on any atom is 0.410 e. The van der Waals surface area contributed by atoms with Crippen molar-refractivity contribution in [3.8, 4) is 0 Å². The molecule has 2 atom stereocenters. The molecule has 1 aromatic carbocycles. The van der Waals surface area contributed by atoms with Gasteiger partial charge in [-0.3, -0.25) is 9.59 Å². The second kappa shape index (κ2) is 16.9. The average Bonchev–Trinajstić information content (AvgIpc) is 3.00. The summed E-state index contributed by atoms with van der Waals surface area (Å²) in [6, 6.07) is 8.47. The fourth-order valence-electron chi connectivity index (χ4n) is 5.35. The zero-order valence-corrected chi connectivity index (χ0v) is 26.5. The molecule has 0 unspecified atom stereocenters. The zero-order chi connectivity index (χ0) is 32.1. The van der Waals surface area contributed by atoms with Gasteiger partial charge in [-0.25, -0.2) is 14.4 Å². The fourth-order valence-corrected chi connectivity index (χ4v) is 5.35. The third-order valence-electron chi connectivity index (χ3n) is 7.73. The number of esters is 1. The predicted octanol–water partition coefficient (Wildman–Crippen LogP) is 3.63. The molecule has 44 heavy (non-hydrogen) atoms. The van der Waals surface area contributed by atoms with Crippen molar-refractivity contribution < 1.29 is 38.2 Å². The molecule has 2 fully saturated rings. The number of alkyl carbamates (subject to hydrolysis) is 1. The summed E-state index contributed by atoms with van der Waals surface area (Å²) in [4.78, 5) is 66.6. The Balaban J connectivity index is 1.39. The van der Waals surface area contributed by atoms with Crippen LogP contribution in [0.2, 0.25) is 0 Å². The van der Waals surface area contributed by atoms with E-state index in [1.54, 1.807) is 37.5 Å². The van der Waals surface area contributed by atoms with Crippen LogP contribution in [0, 0.1) is 11.8 Å². The van der Waals surface area contributed by atoms with Crippen LogP contribution in [0.5, 0.6) is 0 Å². The highest BCUT2D eigenvalue weighted by Crippen LogP contribution is 2.24. The molecular weight excluding hydrogens is 568 g/mol. The van der Waals surface area contributed by atoms with E-state index in [9.17, 15) is 24.0 Å². The molecule has 0 radical (unpaired) electrons. The van der Waals surface area contributed by atoms with Gasteiger partial charge >= 0.3 is 18.2 Å². The minimum absolute atomic E-state index is 0.0168. The Morgan fingerprint density at radius 2 is 1.66 bits per heavy atom. The van der Waals surface area contributed by atoms with Crippen LogP contribution >= 0.6 is 0 Å². The van der Waals surface area contributed by atoms with Crippen molar-refractivity contribution in [3.63, 3.8) is 0 Å². The summed E-state index contributed by atoms with van der Waals surface area (Å²) < 4.78 is 15.7. The summed E-state index contributed by atoms with van der Waals surface area (Å²) in [7, 11) is 0. The van der Waals surface area contributed by atoms with Gasteiger partial charge in [0.25, 0.3) is 0 Å². The van der Waals surface area contributed by atoms with E-state index in [0.717, 1.165) is 24.8 Å². The molecule has 2 saturated heterocycles. The predicted molar refractivity (Wildman–Crippen MR) is 162 cm³/mol. The molecule has 0 spiro atoms. The number of carbonyl (C=O) groups excluding carboxylic acids is 5. The van der Waals surface area contributed by atoms with Crippen molar-refractivity contribution >= 4 is 30.0 Å². The maximum atomic E-state index is 13.1. The second-order valence-electron chi connectivity index (χ2n) is 12.4. The maximum absolute atomic E-state index is 13.1. The van der Waals surface area contributed by atoms with E-state index in [-0.39, 0.29) is 37.7 Å². The minimum Gasteiger partial charge on any atom is -0.464 e. The normalized spacial score (nSPS) is 18.1. The summed E-state index contributed by atoms with van der Waals surface area (Å²) in [5.74, 6) is -1.01. The van der Waals surface area contributed by atoms with Crippen molar-refractivity contribution in [1.82, 2.24) is 20.4 Å². The Labute approximate surface area is 260 Å². The Morgan fingerprint density at radius 1 is 0.955 bits per heavy atom. The van der Waals surface area contributed by atoms with Gasteiger partial charge in [-0.05, 0) is 71.3 Å². The smallest absolute Gasteiger partial charge is 0.410 e. The monoisotopic (exact) mass is 616 g/mol. The second-order valence-corrected chi connectivity index (χ2v) is 12.4. The van der Waals surface area contributed by atoms with E-state index in [0.29, 0.717) is 51.4 Å². The van der Waals surface area contributed by atoms with E-state index < -0.39 is 29.6 Å². The summed E-state index contributed by atoms with van der Waals surface area (Å²) in [5.41, 5.74) is 0.196. The number of nitrogens with zero attached hydrogens (tertiary/aromatic N) is 2. The number of hydrogen-bond donors (Lipinski definition) is 2. The van der Waals surface area contributed by atoms with Gasteiger partial charge in [0.1, 0.15) is 18.2 Å². The lowest BCUT2D eigenvalue weighted by atomic mass is 9.91. The van der Waals surface area contributed by atoms with E-state index >= 15 is 0 Å². The van der Waals surface area contributed by atoms with Gasteiger partial charge in [0.05, 0.1) is 12.5 Å². The van der Waals surface area contributed by atoms with Crippen LogP contribution in [0.1, 0.15) is 71.8 Å². The molecule has 1 aromatic rings. The van der Waals surface area contributed by atoms with Crippen molar-refractivity contribution in [3.05, 3.63) is 35.9 Å². The Hall–Kier alpha value is -3.83. The molecule has 2 aliphatic heterocycles. The van der Waals surface area contributed by atoms with Crippen molar-refractivity contribution in [2.75, 3.05) is 39.3 Å². The van der Waals surface area contributed by atoms with E-state index in [4.69, 9.17) is 14.2 Å². The van der Waals surface area contributed by atoms with Gasteiger partial charge in [-0.1, -0.05) is 30.3 Å². The molecule has 0 aromatic heterocycles. The number of nitrogens with one attached hydrogen (secondary N) is 2. The van der Waals surface area contributed by atoms with Crippen LogP contribution in [0.3, 0.4) is 0 Å². The lowest BCUT2D eigenvalue weighted by Gasteiger charge is -2.34. The molecule has 2 aliphatic rings. The Kier molecular flexibility index (Phi) is 13.3. The van der Waals surface area contributed by atoms with Gasteiger partial charge in [-0.2, -0.15) is 0 Å². The first-order chi connectivity index (χ1) is 20.9. The van der Waals surface area contributed by atoms with Crippen LogP contribution < -0.4 is 10.6 Å². The summed E-state index contributed by atoms with van der Waals surface area (Å²) in [6.07, 6.45) is 2.99. The Morgan fingerprint density at radius 3 is 2.32 bits per heavy atom. The summed E-state index contributed by atoms with van der Waals surface area (Å²) in [6.45, 7) is 9.11. The number of likely N-dealkylation sites (tertiary alicyclic amines) is 2. The van der Waals surface area contributed by atoms with Crippen LogP contribution in [-0.2, 0) is 35.2 Å². The largest absolute Gasteiger partial charge is 0.464 e. The highest BCUT2D eigenvalue weighted by molar-refractivity contribution is 5.84. The lowest BCUT2D eigenvalue weighted by Crippen LogP contribution is -2.52. The standard InChI is InChI=1S/C32H48N4O8/c1-5-42-29(39)26(34-30(40)44-32(2,3)4)20-33-28(38)25-12-9-17-36(21-25)27(37)14-13-23-15-18-35(19-16-23)31(41)43-22-24-10-7-6-8-11-24/h6-8,10-11,23,25-26H,5,9,12-22H2,1-4H3,(H,33,38)(H,34,40)/t25-,26+/m1/s1. The SMILES string of the molecule is CCOC(=O)[C@H](CNC(=O)[C@@H]1CCCN(C(=O)CCC2CCN(C(=O)OCc3ccccc3)CC2)C1)NC(=O)OC(C)(C)C. The van der Waals surface area contributed by atoms with Crippen molar-refractivity contribution in [2.45, 2.75) is 84.5 Å². The number of carbonyl (C=O) groups is 5. The number of hydrogen-bond acceptors (Lipinski definition) is 8. The quantitative estimate of drug-likeness (QED) is 0.284. The third kappa shape index (κ3) is 11.7. The highest BCUT2D eigenvalue weighted by atomic mass is 16.6. The summed E-state index contributed by atoms with van der Waals surface area (Å²) >= 11 is 0. The first kappa shape index (κ1) is 34.7. The number of benzene rings is 1. The molecule has 12 heteroatoms. The van der Waals surface area contributed by atoms with Gasteiger partial charge < -0.3 is 34.6 Å². The average molecular weight is 617 g/mol. The summed E-state index contributed by atoms with van der Waals surface area (Å²) in [5, 5.41) is 5.21.